The Morgan fingerprint density at radius 2 is 1.76 bits per heavy atom. The van der Waals surface area contributed by atoms with E-state index >= 15 is 0 Å². The molecule has 0 bridgehead atoms. The molecule has 33 heavy (non-hydrogen) atoms. The van der Waals surface area contributed by atoms with Gasteiger partial charge in [-0.15, -0.1) is 0 Å². The van der Waals surface area contributed by atoms with Crippen LogP contribution in [0.4, 0.5) is 5.69 Å². The van der Waals surface area contributed by atoms with E-state index in [0.717, 1.165) is 38.2 Å². The van der Waals surface area contributed by atoms with Gasteiger partial charge in [0.25, 0.3) is 11.8 Å². The van der Waals surface area contributed by atoms with Crippen molar-refractivity contribution in [1.82, 2.24) is 9.88 Å². The number of benzene rings is 2. The van der Waals surface area contributed by atoms with Crippen molar-refractivity contribution in [2.75, 3.05) is 4.90 Å². The van der Waals surface area contributed by atoms with Crippen LogP contribution in [0.25, 0.3) is 11.8 Å². The standard InChI is InChI=1S/C25H21BrClN3O2S/c1-13-5-6-14(2)22(9-13)30-24(32)19(23(31)28-25(30)33)11-17-10-15(3)29(16(17)4)18-7-8-20(26)21(27)12-18/h5-12H,1-4H3,(H,28,31,33)/b19-11+. The maximum atomic E-state index is 13.4. The quantitative estimate of drug-likeness (QED) is 0.252. The SMILES string of the molecule is Cc1ccc(C)c(N2C(=O)/C(=C/c3cc(C)n(-c4ccc(Br)c(Cl)c4)c3C)C(=O)NC2=S)c1. The third-order valence-electron chi connectivity index (χ3n) is 5.64. The van der Waals surface area contributed by atoms with E-state index in [-0.39, 0.29) is 10.7 Å². The first-order valence-corrected chi connectivity index (χ1v) is 11.8. The van der Waals surface area contributed by atoms with Crippen LogP contribution in [-0.4, -0.2) is 21.5 Å². The van der Waals surface area contributed by atoms with E-state index in [0.29, 0.717) is 10.7 Å². The summed E-state index contributed by atoms with van der Waals surface area (Å²) in [7, 11) is 0. The molecule has 0 saturated carbocycles. The highest BCUT2D eigenvalue weighted by Gasteiger charge is 2.35. The number of hydrogen-bond acceptors (Lipinski definition) is 3. The Hall–Kier alpha value is -2.74. The van der Waals surface area contributed by atoms with Crippen molar-refractivity contribution in [3.8, 4) is 5.69 Å². The molecule has 5 nitrogen and oxygen atoms in total. The molecule has 0 spiro atoms. The van der Waals surface area contributed by atoms with Crippen LogP contribution in [0, 0.1) is 27.7 Å². The van der Waals surface area contributed by atoms with E-state index in [1.165, 1.54) is 4.90 Å². The van der Waals surface area contributed by atoms with Gasteiger partial charge < -0.3 is 4.57 Å². The smallest absolute Gasteiger partial charge is 0.270 e. The maximum absolute atomic E-state index is 13.4. The molecule has 0 radical (unpaired) electrons. The zero-order valence-electron chi connectivity index (χ0n) is 18.5. The minimum absolute atomic E-state index is 0.0265. The number of amides is 2. The lowest BCUT2D eigenvalue weighted by Crippen LogP contribution is -2.54. The summed E-state index contributed by atoms with van der Waals surface area (Å²) in [5, 5.41) is 3.33. The van der Waals surface area contributed by atoms with Crippen molar-refractivity contribution in [1.29, 1.82) is 0 Å². The Kier molecular flexibility index (Phi) is 6.31. The van der Waals surface area contributed by atoms with Crippen molar-refractivity contribution in [2.45, 2.75) is 27.7 Å². The third-order valence-corrected chi connectivity index (χ3v) is 7.16. The second-order valence-electron chi connectivity index (χ2n) is 8.01. The lowest BCUT2D eigenvalue weighted by molar-refractivity contribution is -0.122. The van der Waals surface area contributed by atoms with E-state index in [4.69, 9.17) is 23.8 Å². The van der Waals surface area contributed by atoms with Crippen molar-refractivity contribution in [2.24, 2.45) is 0 Å². The molecule has 0 atom stereocenters. The molecule has 1 aliphatic rings. The Morgan fingerprint density at radius 1 is 1.03 bits per heavy atom. The van der Waals surface area contributed by atoms with Gasteiger partial charge in [0, 0.05) is 21.5 Å². The number of nitrogens with one attached hydrogen (secondary N) is 1. The molecule has 2 heterocycles. The highest BCUT2D eigenvalue weighted by Crippen LogP contribution is 2.30. The number of anilines is 1. The Balaban J connectivity index is 1.79. The predicted octanol–water partition coefficient (Wildman–Crippen LogP) is 5.96. The number of thiocarbonyl (C=S) groups is 1. The van der Waals surface area contributed by atoms with E-state index in [1.807, 2.05) is 74.7 Å². The largest absolute Gasteiger partial charge is 0.318 e. The molecule has 1 aliphatic heterocycles. The average Bonchev–Trinajstić information content (AvgIpc) is 3.02. The van der Waals surface area contributed by atoms with Crippen LogP contribution >= 0.6 is 39.7 Å². The van der Waals surface area contributed by atoms with E-state index in [1.54, 1.807) is 6.08 Å². The molecule has 0 aliphatic carbocycles. The lowest BCUT2D eigenvalue weighted by Gasteiger charge is -2.30. The molecule has 2 amide bonds. The van der Waals surface area contributed by atoms with Crippen LogP contribution < -0.4 is 10.2 Å². The fourth-order valence-electron chi connectivity index (χ4n) is 3.95. The molecule has 4 rings (SSSR count). The van der Waals surface area contributed by atoms with E-state index in [2.05, 4.69) is 21.2 Å². The molecular formula is C25H21BrClN3O2S. The van der Waals surface area contributed by atoms with Gasteiger partial charge in [-0.3, -0.25) is 19.8 Å². The minimum atomic E-state index is -0.511. The summed E-state index contributed by atoms with van der Waals surface area (Å²) in [6, 6.07) is 13.4. The van der Waals surface area contributed by atoms with Gasteiger partial charge >= 0.3 is 0 Å². The Labute approximate surface area is 211 Å². The summed E-state index contributed by atoms with van der Waals surface area (Å²) in [6.07, 6.45) is 1.62. The van der Waals surface area contributed by atoms with E-state index in [9.17, 15) is 9.59 Å². The van der Waals surface area contributed by atoms with Crippen LogP contribution in [0.2, 0.25) is 5.02 Å². The molecule has 8 heteroatoms. The molecular weight excluding hydrogens is 522 g/mol. The number of carbonyl (C=O) groups is 2. The fourth-order valence-corrected chi connectivity index (χ4v) is 4.64. The summed E-state index contributed by atoms with van der Waals surface area (Å²) in [5.74, 6) is -0.961. The van der Waals surface area contributed by atoms with Crippen LogP contribution in [-0.2, 0) is 9.59 Å². The van der Waals surface area contributed by atoms with Crippen LogP contribution in [0.3, 0.4) is 0 Å². The zero-order chi connectivity index (χ0) is 24.0. The van der Waals surface area contributed by atoms with Gasteiger partial charge in [-0.2, -0.15) is 0 Å². The summed E-state index contributed by atoms with van der Waals surface area (Å²) in [5.41, 5.74) is 6.04. The molecule has 1 fully saturated rings. The van der Waals surface area contributed by atoms with Crippen molar-refractivity contribution >= 4 is 68.4 Å². The first-order valence-electron chi connectivity index (χ1n) is 10.2. The maximum Gasteiger partial charge on any atom is 0.270 e. The number of rotatable bonds is 3. The molecule has 1 N–H and O–H groups in total. The first kappa shape index (κ1) is 23.4. The second-order valence-corrected chi connectivity index (χ2v) is 9.66. The van der Waals surface area contributed by atoms with Gasteiger partial charge in [0.1, 0.15) is 5.57 Å². The molecule has 2 aromatic carbocycles. The molecule has 3 aromatic rings. The highest BCUT2D eigenvalue weighted by molar-refractivity contribution is 9.10. The summed E-state index contributed by atoms with van der Waals surface area (Å²) >= 11 is 15.1. The highest BCUT2D eigenvalue weighted by atomic mass is 79.9. The van der Waals surface area contributed by atoms with Gasteiger partial charge in [0.15, 0.2) is 5.11 Å². The van der Waals surface area contributed by atoms with Gasteiger partial charge in [0.05, 0.1) is 10.7 Å². The molecule has 0 unspecified atom stereocenters. The zero-order valence-corrected chi connectivity index (χ0v) is 21.7. The molecule has 1 aromatic heterocycles. The Morgan fingerprint density at radius 3 is 2.45 bits per heavy atom. The minimum Gasteiger partial charge on any atom is -0.318 e. The summed E-state index contributed by atoms with van der Waals surface area (Å²) < 4.78 is 2.84. The Bertz CT molecular complexity index is 1380. The topological polar surface area (TPSA) is 54.3 Å². The summed E-state index contributed by atoms with van der Waals surface area (Å²) in [6.45, 7) is 7.75. The second kappa shape index (κ2) is 8.89. The van der Waals surface area contributed by atoms with Crippen molar-refractivity contribution in [3.05, 3.63) is 85.6 Å². The van der Waals surface area contributed by atoms with Gasteiger partial charge in [-0.1, -0.05) is 23.7 Å². The van der Waals surface area contributed by atoms with Gasteiger partial charge in [-0.05, 0) is 109 Å². The van der Waals surface area contributed by atoms with Crippen LogP contribution in [0.5, 0.6) is 0 Å². The number of aryl methyl sites for hydroxylation is 3. The number of carbonyl (C=O) groups excluding carboxylic acids is 2. The molecule has 168 valence electrons. The first-order chi connectivity index (χ1) is 15.6. The number of nitrogens with zero attached hydrogens (tertiary/aromatic N) is 2. The van der Waals surface area contributed by atoms with Crippen LogP contribution in [0.1, 0.15) is 28.1 Å². The third kappa shape index (κ3) is 4.28. The molecule has 1 saturated heterocycles. The monoisotopic (exact) mass is 541 g/mol. The van der Waals surface area contributed by atoms with E-state index < -0.39 is 11.8 Å². The van der Waals surface area contributed by atoms with Crippen LogP contribution in [0.15, 0.2) is 52.5 Å². The lowest BCUT2D eigenvalue weighted by atomic mass is 10.0. The fraction of sp³-hybridized carbons (Fsp3) is 0.160. The van der Waals surface area contributed by atoms with Gasteiger partial charge in [-0.25, -0.2) is 0 Å². The average molecular weight is 543 g/mol. The van der Waals surface area contributed by atoms with Crippen molar-refractivity contribution < 1.29 is 9.59 Å². The normalized spacial score (nSPS) is 15.4. The summed E-state index contributed by atoms with van der Waals surface area (Å²) in [4.78, 5) is 27.6. The number of halogens is 2. The predicted molar refractivity (Wildman–Crippen MR) is 140 cm³/mol. The van der Waals surface area contributed by atoms with Crippen molar-refractivity contribution in [3.63, 3.8) is 0 Å². The number of aromatic nitrogens is 1. The number of hydrogen-bond donors (Lipinski definition) is 1. The van der Waals surface area contributed by atoms with Gasteiger partial charge in [0.2, 0.25) is 0 Å².